The third-order valence-electron chi connectivity index (χ3n) is 3.53. The fourth-order valence-corrected chi connectivity index (χ4v) is 2.25. The molecule has 0 saturated carbocycles. The van der Waals surface area contributed by atoms with Crippen LogP contribution in [0.25, 0.3) is 0 Å². The van der Waals surface area contributed by atoms with E-state index in [4.69, 9.17) is 9.47 Å². The van der Waals surface area contributed by atoms with Crippen LogP contribution in [0.3, 0.4) is 0 Å². The van der Waals surface area contributed by atoms with E-state index in [0.29, 0.717) is 11.3 Å². The van der Waals surface area contributed by atoms with Crippen molar-refractivity contribution in [2.24, 2.45) is 0 Å². The van der Waals surface area contributed by atoms with Crippen LogP contribution in [-0.2, 0) is 20.7 Å². The van der Waals surface area contributed by atoms with Gasteiger partial charge < -0.3 is 14.8 Å². The summed E-state index contributed by atoms with van der Waals surface area (Å²) in [6, 6.07) is 11.5. The van der Waals surface area contributed by atoms with Crippen LogP contribution >= 0.6 is 0 Å². The molecule has 0 aromatic heterocycles. The molecule has 6 heteroatoms. The summed E-state index contributed by atoms with van der Waals surface area (Å²) >= 11 is 0. The van der Waals surface area contributed by atoms with Gasteiger partial charge in [0.25, 0.3) is 5.91 Å². The summed E-state index contributed by atoms with van der Waals surface area (Å²) in [6.45, 7) is 3.39. The number of halogens is 1. The van der Waals surface area contributed by atoms with E-state index >= 15 is 0 Å². The average Bonchev–Trinajstić information content (AvgIpc) is 2.54. The summed E-state index contributed by atoms with van der Waals surface area (Å²) in [5.74, 6) is -1.50. The molecule has 25 heavy (non-hydrogen) atoms. The third-order valence-corrected chi connectivity index (χ3v) is 3.53. The maximum absolute atomic E-state index is 13.6. The van der Waals surface area contributed by atoms with E-state index in [9.17, 15) is 14.0 Å². The van der Waals surface area contributed by atoms with Gasteiger partial charge in [-0.1, -0.05) is 18.2 Å². The molecule has 0 unspecified atom stereocenters. The monoisotopic (exact) mass is 345 g/mol. The number of esters is 1. The number of anilines is 1. The number of benzene rings is 2. The number of nitrogens with one attached hydrogen (secondary N) is 1. The Kier molecular flexibility index (Phi) is 6.11. The van der Waals surface area contributed by atoms with Crippen LogP contribution in [-0.4, -0.2) is 25.1 Å². The second kappa shape index (κ2) is 8.28. The molecule has 5 nitrogen and oxygen atoms in total. The van der Waals surface area contributed by atoms with Gasteiger partial charge >= 0.3 is 5.97 Å². The molecular weight excluding hydrogens is 325 g/mol. The molecule has 1 amide bonds. The molecular formula is C19H20FNO4. The Labute approximate surface area is 145 Å². The Bertz CT molecular complexity index is 776. The molecule has 2 aromatic rings. The number of carbonyl (C=O) groups excluding carboxylic acids is 2. The fraction of sp³-hybridized carbons (Fsp3) is 0.263. The van der Waals surface area contributed by atoms with Crippen molar-refractivity contribution in [3.63, 3.8) is 0 Å². The van der Waals surface area contributed by atoms with Crippen molar-refractivity contribution >= 4 is 17.6 Å². The predicted octanol–water partition coefficient (Wildman–Crippen LogP) is 3.26. The van der Waals surface area contributed by atoms with E-state index in [0.717, 1.165) is 5.56 Å². The van der Waals surface area contributed by atoms with Gasteiger partial charge in [-0.15, -0.1) is 0 Å². The summed E-state index contributed by atoms with van der Waals surface area (Å²) in [5.41, 5.74) is 2.07. The minimum absolute atomic E-state index is 0.100. The van der Waals surface area contributed by atoms with E-state index in [2.05, 4.69) is 5.32 Å². The van der Waals surface area contributed by atoms with Gasteiger partial charge in [0.2, 0.25) is 0 Å². The highest BCUT2D eigenvalue weighted by Crippen LogP contribution is 2.18. The fourth-order valence-electron chi connectivity index (χ4n) is 2.25. The molecule has 0 fully saturated rings. The number of aryl methyl sites for hydroxylation is 1. The minimum atomic E-state index is -0.962. The molecule has 2 aromatic carbocycles. The lowest BCUT2D eigenvalue weighted by atomic mass is 10.1. The van der Waals surface area contributed by atoms with Gasteiger partial charge in [0.15, 0.2) is 17.7 Å². The van der Waals surface area contributed by atoms with Crippen molar-refractivity contribution in [2.75, 3.05) is 12.4 Å². The van der Waals surface area contributed by atoms with Gasteiger partial charge in [0.1, 0.15) is 0 Å². The van der Waals surface area contributed by atoms with Crippen LogP contribution in [0.4, 0.5) is 10.1 Å². The van der Waals surface area contributed by atoms with Gasteiger partial charge in [-0.25, -0.2) is 4.39 Å². The smallest absolute Gasteiger partial charge is 0.311 e. The van der Waals surface area contributed by atoms with Gasteiger partial charge in [0.05, 0.1) is 13.5 Å². The normalized spacial score (nSPS) is 11.5. The maximum Gasteiger partial charge on any atom is 0.311 e. The van der Waals surface area contributed by atoms with Crippen LogP contribution in [0.2, 0.25) is 0 Å². The lowest BCUT2D eigenvalue weighted by Gasteiger charge is -2.14. The molecule has 0 aliphatic rings. The summed E-state index contributed by atoms with van der Waals surface area (Å²) in [5, 5.41) is 2.68. The molecule has 0 heterocycles. The second-order valence-corrected chi connectivity index (χ2v) is 5.64. The zero-order valence-electron chi connectivity index (χ0n) is 14.3. The number of hydrogen-bond donors (Lipinski definition) is 1. The zero-order chi connectivity index (χ0) is 18.4. The Morgan fingerprint density at radius 2 is 1.96 bits per heavy atom. The van der Waals surface area contributed by atoms with Gasteiger partial charge in [-0.2, -0.15) is 0 Å². The van der Waals surface area contributed by atoms with Crippen molar-refractivity contribution in [2.45, 2.75) is 26.4 Å². The SMILES string of the molecule is COc1ccc(CC(=O)O[C@H](C)C(=O)Nc2cccc(C)c2)cc1F. The van der Waals surface area contributed by atoms with Crippen LogP contribution in [0.1, 0.15) is 18.1 Å². The first kappa shape index (κ1) is 18.4. The third kappa shape index (κ3) is 5.31. The molecule has 0 radical (unpaired) electrons. The molecule has 1 atom stereocenters. The highest BCUT2D eigenvalue weighted by atomic mass is 19.1. The molecule has 1 N–H and O–H groups in total. The Morgan fingerprint density at radius 3 is 2.60 bits per heavy atom. The van der Waals surface area contributed by atoms with Crippen molar-refractivity contribution in [3.05, 3.63) is 59.4 Å². The molecule has 0 spiro atoms. The molecule has 132 valence electrons. The summed E-state index contributed by atoms with van der Waals surface area (Å²) in [4.78, 5) is 24.0. The summed E-state index contributed by atoms with van der Waals surface area (Å²) in [6.07, 6.45) is -1.10. The predicted molar refractivity (Wildman–Crippen MR) is 92.0 cm³/mol. The Balaban J connectivity index is 1.90. The number of rotatable bonds is 6. The summed E-state index contributed by atoms with van der Waals surface area (Å²) < 4.78 is 23.6. The number of carbonyl (C=O) groups is 2. The lowest BCUT2D eigenvalue weighted by Crippen LogP contribution is -2.30. The quantitative estimate of drug-likeness (QED) is 0.816. The van der Waals surface area contributed by atoms with Gasteiger partial charge in [0, 0.05) is 5.69 Å². The molecule has 0 bridgehead atoms. The summed E-state index contributed by atoms with van der Waals surface area (Å²) in [7, 11) is 1.36. The van der Waals surface area contributed by atoms with Crippen LogP contribution < -0.4 is 10.1 Å². The first-order valence-corrected chi connectivity index (χ1v) is 7.78. The van der Waals surface area contributed by atoms with Crippen molar-refractivity contribution in [3.8, 4) is 5.75 Å². The molecule has 0 saturated heterocycles. The number of ether oxygens (including phenoxy) is 2. The van der Waals surface area contributed by atoms with Crippen LogP contribution in [0, 0.1) is 12.7 Å². The number of methoxy groups -OCH3 is 1. The topological polar surface area (TPSA) is 64.6 Å². The number of amides is 1. The van der Waals surface area contributed by atoms with Crippen LogP contribution in [0.5, 0.6) is 5.75 Å². The molecule has 0 aliphatic carbocycles. The lowest BCUT2D eigenvalue weighted by molar-refractivity contribution is -0.152. The number of hydrogen-bond acceptors (Lipinski definition) is 4. The van der Waals surface area contributed by atoms with E-state index < -0.39 is 23.8 Å². The van der Waals surface area contributed by atoms with Crippen LogP contribution in [0.15, 0.2) is 42.5 Å². The van der Waals surface area contributed by atoms with E-state index in [1.54, 1.807) is 12.1 Å². The Hall–Kier alpha value is -2.89. The minimum Gasteiger partial charge on any atom is -0.494 e. The standard InChI is InChI=1S/C19H20FNO4/c1-12-5-4-6-15(9-12)21-19(23)13(2)25-18(22)11-14-7-8-17(24-3)16(20)10-14/h4-10,13H,11H2,1-3H3,(H,21,23)/t13-/m1/s1. The van der Waals surface area contributed by atoms with Crippen molar-refractivity contribution in [1.82, 2.24) is 0 Å². The molecule has 2 rings (SSSR count). The largest absolute Gasteiger partial charge is 0.494 e. The first-order valence-electron chi connectivity index (χ1n) is 7.78. The zero-order valence-corrected chi connectivity index (χ0v) is 14.3. The molecule has 0 aliphatic heterocycles. The van der Waals surface area contributed by atoms with Gasteiger partial charge in [-0.05, 0) is 49.2 Å². The first-order chi connectivity index (χ1) is 11.9. The highest BCUT2D eigenvalue weighted by Gasteiger charge is 2.18. The van der Waals surface area contributed by atoms with Crippen molar-refractivity contribution in [1.29, 1.82) is 0 Å². The van der Waals surface area contributed by atoms with E-state index in [1.165, 1.54) is 26.2 Å². The highest BCUT2D eigenvalue weighted by molar-refractivity contribution is 5.95. The van der Waals surface area contributed by atoms with Crippen molar-refractivity contribution < 1.29 is 23.5 Å². The average molecular weight is 345 g/mol. The second-order valence-electron chi connectivity index (χ2n) is 5.64. The van der Waals surface area contributed by atoms with E-state index in [-0.39, 0.29) is 12.2 Å². The Morgan fingerprint density at radius 1 is 1.20 bits per heavy atom. The maximum atomic E-state index is 13.6. The van der Waals surface area contributed by atoms with E-state index in [1.807, 2.05) is 25.1 Å². The van der Waals surface area contributed by atoms with Gasteiger partial charge in [-0.3, -0.25) is 9.59 Å².